The number of benzene rings is 1. The smallest absolute Gasteiger partial charge is 0.318 e. The SMILES string of the molecule is Cc1cc2cc(CNC(=O)N(Cc3ccccn3)CC3CCCO3)ccc2[nH]1. The van der Waals surface area contributed by atoms with E-state index in [-0.39, 0.29) is 12.1 Å². The third-order valence-electron chi connectivity index (χ3n) is 5.08. The quantitative estimate of drug-likeness (QED) is 0.686. The summed E-state index contributed by atoms with van der Waals surface area (Å²) < 4.78 is 5.74. The number of aromatic amines is 1. The van der Waals surface area contributed by atoms with Crippen LogP contribution in [0.25, 0.3) is 10.9 Å². The highest BCUT2D eigenvalue weighted by molar-refractivity contribution is 5.81. The maximum Gasteiger partial charge on any atom is 0.318 e. The molecule has 3 aromatic rings. The Morgan fingerprint density at radius 2 is 2.25 bits per heavy atom. The number of aromatic nitrogens is 2. The largest absolute Gasteiger partial charge is 0.376 e. The Morgan fingerprint density at radius 3 is 3.04 bits per heavy atom. The lowest BCUT2D eigenvalue weighted by molar-refractivity contribution is 0.0791. The number of H-pyrrole nitrogens is 1. The molecule has 6 heteroatoms. The minimum Gasteiger partial charge on any atom is -0.376 e. The Kier molecular flexibility index (Phi) is 5.58. The number of hydrogen-bond acceptors (Lipinski definition) is 3. The van der Waals surface area contributed by atoms with E-state index in [9.17, 15) is 4.79 Å². The predicted molar refractivity (Wildman–Crippen MR) is 109 cm³/mol. The van der Waals surface area contributed by atoms with Crippen LogP contribution in [0.5, 0.6) is 0 Å². The van der Waals surface area contributed by atoms with Crippen LogP contribution in [-0.4, -0.2) is 40.2 Å². The maximum absolute atomic E-state index is 12.9. The van der Waals surface area contributed by atoms with Crippen molar-refractivity contribution in [1.29, 1.82) is 0 Å². The van der Waals surface area contributed by atoms with Crippen LogP contribution in [0.2, 0.25) is 0 Å². The maximum atomic E-state index is 12.9. The third-order valence-corrected chi connectivity index (χ3v) is 5.08. The van der Waals surface area contributed by atoms with Gasteiger partial charge in [-0.25, -0.2) is 4.79 Å². The predicted octanol–water partition coefficient (Wildman–Crippen LogP) is 3.76. The Hall–Kier alpha value is -2.86. The van der Waals surface area contributed by atoms with Crippen molar-refractivity contribution in [3.63, 3.8) is 0 Å². The number of amides is 2. The number of pyridine rings is 1. The van der Waals surface area contributed by atoms with Gasteiger partial charge in [-0.15, -0.1) is 0 Å². The van der Waals surface area contributed by atoms with Gasteiger partial charge < -0.3 is 19.9 Å². The van der Waals surface area contributed by atoms with Crippen molar-refractivity contribution in [2.45, 2.75) is 39.0 Å². The van der Waals surface area contributed by atoms with Crippen molar-refractivity contribution in [3.05, 3.63) is 65.6 Å². The Bertz CT molecular complexity index is 932. The fourth-order valence-corrected chi connectivity index (χ4v) is 3.67. The first kappa shape index (κ1) is 18.5. The van der Waals surface area contributed by atoms with Crippen LogP contribution in [0.4, 0.5) is 4.79 Å². The second-order valence-electron chi connectivity index (χ2n) is 7.37. The van der Waals surface area contributed by atoms with Crippen LogP contribution in [-0.2, 0) is 17.8 Å². The molecule has 1 aliphatic rings. The van der Waals surface area contributed by atoms with E-state index in [0.717, 1.165) is 47.3 Å². The zero-order valence-corrected chi connectivity index (χ0v) is 16.1. The third kappa shape index (κ3) is 4.51. The van der Waals surface area contributed by atoms with Crippen LogP contribution in [0.15, 0.2) is 48.7 Å². The van der Waals surface area contributed by atoms with Crippen molar-refractivity contribution >= 4 is 16.9 Å². The van der Waals surface area contributed by atoms with Crippen molar-refractivity contribution in [3.8, 4) is 0 Å². The summed E-state index contributed by atoms with van der Waals surface area (Å²) in [6, 6.07) is 14.0. The molecule has 3 heterocycles. The van der Waals surface area contributed by atoms with Gasteiger partial charge >= 0.3 is 6.03 Å². The number of urea groups is 1. The van der Waals surface area contributed by atoms with E-state index in [1.807, 2.05) is 31.2 Å². The number of hydrogen-bond donors (Lipinski definition) is 2. The molecule has 0 bridgehead atoms. The molecular weight excluding hydrogens is 352 g/mol. The molecule has 28 heavy (non-hydrogen) atoms. The molecule has 0 radical (unpaired) electrons. The molecule has 1 aromatic carbocycles. The highest BCUT2D eigenvalue weighted by Gasteiger charge is 2.23. The standard InChI is InChI=1S/C22H26N4O2/c1-16-11-18-12-17(7-8-21(18)25-16)13-24-22(27)26(15-20-6-4-10-28-20)14-19-5-2-3-9-23-19/h2-3,5,7-9,11-12,20,25H,4,6,10,13-15H2,1H3,(H,24,27). The van der Waals surface area contributed by atoms with Gasteiger partial charge in [0.2, 0.25) is 0 Å². The number of aryl methyl sites for hydroxylation is 1. The fraction of sp³-hybridized carbons (Fsp3) is 0.364. The summed E-state index contributed by atoms with van der Waals surface area (Å²) in [5.74, 6) is 0. The van der Waals surface area contributed by atoms with Gasteiger partial charge in [-0.2, -0.15) is 0 Å². The van der Waals surface area contributed by atoms with Gasteiger partial charge in [-0.05, 0) is 61.0 Å². The van der Waals surface area contributed by atoms with Crippen LogP contribution in [0, 0.1) is 6.92 Å². The van der Waals surface area contributed by atoms with E-state index in [0.29, 0.717) is 19.6 Å². The Balaban J connectivity index is 1.42. The summed E-state index contributed by atoms with van der Waals surface area (Å²) in [4.78, 5) is 22.4. The summed E-state index contributed by atoms with van der Waals surface area (Å²) in [6.07, 6.45) is 3.91. The summed E-state index contributed by atoms with van der Waals surface area (Å²) >= 11 is 0. The summed E-state index contributed by atoms with van der Waals surface area (Å²) in [5, 5.41) is 4.22. The summed E-state index contributed by atoms with van der Waals surface area (Å²) in [6.45, 7) is 4.37. The Labute approximate surface area is 164 Å². The number of rotatable bonds is 6. The monoisotopic (exact) mass is 378 g/mol. The van der Waals surface area contributed by atoms with E-state index < -0.39 is 0 Å². The van der Waals surface area contributed by atoms with Crippen LogP contribution < -0.4 is 5.32 Å². The van der Waals surface area contributed by atoms with Gasteiger partial charge in [-0.3, -0.25) is 4.98 Å². The molecular formula is C22H26N4O2. The average Bonchev–Trinajstić information content (AvgIpc) is 3.34. The van der Waals surface area contributed by atoms with Crippen molar-refractivity contribution in [2.24, 2.45) is 0 Å². The van der Waals surface area contributed by atoms with E-state index in [1.54, 1.807) is 11.1 Å². The fourth-order valence-electron chi connectivity index (χ4n) is 3.67. The van der Waals surface area contributed by atoms with Gasteiger partial charge in [0.05, 0.1) is 18.3 Å². The molecule has 1 aliphatic heterocycles. The van der Waals surface area contributed by atoms with E-state index in [4.69, 9.17) is 4.74 Å². The molecule has 2 amide bonds. The van der Waals surface area contributed by atoms with Crippen molar-refractivity contribution in [2.75, 3.05) is 13.2 Å². The molecule has 0 saturated carbocycles. The molecule has 1 saturated heterocycles. The average molecular weight is 378 g/mol. The van der Waals surface area contributed by atoms with Crippen LogP contribution >= 0.6 is 0 Å². The van der Waals surface area contributed by atoms with Crippen molar-refractivity contribution < 1.29 is 9.53 Å². The molecule has 1 unspecified atom stereocenters. The number of nitrogens with one attached hydrogen (secondary N) is 2. The van der Waals surface area contributed by atoms with Gasteiger partial charge in [0.25, 0.3) is 0 Å². The lowest BCUT2D eigenvalue weighted by Gasteiger charge is -2.25. The molecule has 4 rings (SSSR count). The molecule has 2 N–H and O–H groups in total. The number of ether oxygens (including phenoxy) is 1. The minimum atomic E-state index is -0.0912. The number of nitrogens with zero attached hydrogens (tertiary/aromatic N) is 2. The first-order chi connectivity index (χ1) is 13.7. The number of carbonyl (C=O) groups is 1. The zero-order chi connectivity index (χ0) is 19.3. The topological polar surface area (TPSA) is 70.2 Å². The highest BCUT2D eigenvalue weighted by atomic mass is 16.5. The summed E-state index contributed by atoms with van der Waals surface area (Å²) in [5.41, 5.74) is 4.20. The second kappa shape index (κ2) is 8.44. The van der Waals surface area contributed by atoms with Crippen molar-refractivity contribution in [1.82, 2.24) is 20.2 Å². The zero-order valence-electron chi connectivity index (χ0n) is 16.1. The molecule has 146 valence electrons. The molecule has 1 fully saturated rings. The first-order valence-electron chi connectivity index (χ1n) is 9.80. The van der Waals surface area contributed by atoms with E-state index >= 15 is 0 Å². The van der Waals surface area contributed by atoms with Gasteiger partial charge in [-0.1, -0.05) is 12.1 Å². The van der Waals surface area contributed by atoms with Gasteiger partial charge in [0, 0.05) is 37.1 Å². The van der Waals surface area contributed by atoms with Gasteiger partial charge in [0.15, 0.2) is 0 Å². The van der Waals surface area contributed by atoms with Crippen LogP contribution in [0.1, 0.15) is 29.8 Å². The molecule has 0 spiro atoms. The highest BCUT2D eigenvalue weighted by Crippen LogP contribution is 2.18. The first-order valence-corrected chi connectivity index (χ1v) is 9.80. The summed E-state index contributed by atoms with van der Waals surface area (Å²) in [7, 11) is 0. The second-order valence-corrected chi connectivity index (χ2v) is 7.37. The number of fused-ring (bicyclic) bond motifs is 1. The lowest BCUT2D eigenvalue weighted by Crippen LogP contribution is -2.43. The van der Waals surface area contributed by atoms with E-state index in [2.05, 4.69) is 33.5 Å². The molecule has 2 aromatic heterocycles. The molecule has 0 aliphatic carbocycles. The molecule has 6 nitrogen and oxygen atoms in total. The van der Waals surface area contributed by atoms with Gasteiger partial charge in [0.1, 0.15) is 0 Å². The minimum absolute atomic E-state index is 0.0912. The number of carbonyl (C=O) groups excluding carboxylic acids is 1. The lowest BCUT2D eigenvalue weighted by atomic mass is 10.1. The van der Waals surface area contributed by atoms with Crippen LogP contribution in [0.3, 0.4) is 0 Å². The van der Waals surface area contributed by atoms with E-state index in [1.165, 1.54) is 0 Å². The normalized spacial score (nSPS) is 16.4. The molecule has 1 atom stereocenters. The Morgan fingerprint density at radius 1 is 1.32 bits per heavy atom.